The molecule has 3 heteroatoms. The van der Waals surface area contributed by atoms with Gasteiger partial charge in [0.2, 0.25) is 0 Å². The Bertz CT molecular complexity index is 498. The van der Waals surface area contributed by atoms with E-state index < -0.39 is 0 Å². The third-order valence-corrected chi connectivity index (χ3v) is 6.02. The lowest BCUT2D eigenvalue weighted by Gasteiger charge is -2.21. The van der Waals surface area contributed by atoms with Crippen LogP contribution in [0.3, 0.4) is 0 Å². The Kier molecular flexibility index (Phi) is 2.90. The van der Waals surface area contributed by atoms with Gasteiger partial charge in [0, 0.05) is 24.1 Å². The van der Waals surface area contributed by atoms with Gasteiger partial charge in [0.25, 0.3) is 0 Å². The molecule has 2 aromatic rings. The van der Waals surface area contributed by atoms with Crippen molar-refractivity contribution in [3.63, 3.8) is 0 Å². The second-order valence-electron chi connectivity index (χ2n) is 4.13. The maximum absolute atomic E-state index is 2.29. The molecular weight excluding hydrogens is 234 g/mol. The third-order valence-electron chi connectivity index (χ3n) is 3.04. The minimum atomic E-state index is 0.639. The fraction of sp³-hybridized carbons (Fsp3) is 0.385. The van der Waals surface area contributed by atoms with Crippen LogP contribution in [0.5, 0.6) is 0 Å². The molecule has 0 spiro atoms. The van der Waals surface area contributed by atoms with E-state index in [0.717, 1.165) is 0 Å². The van der Waals surface area contributed by atoms with Crippen molar-refractivity contribution in [1.82, 2.24) is 4.57 Å². The Morgan fingerprint density at radius 1 is 1.19 bits per heavy atom. The molecule has 0 saturated carbocycles. The van der Waals surface area contributed by atoms with Crippen LogP contribution in [0.4, 0.5) is 0 Å². The lowest BCUT2D eigenvalue weighted by molar-refractivity contribution is 0.969. The number of nitrogens with zero attached hydrogens (tertiary/aromatic N) is 1. The average molecular weight is 249 g/mol. The number of hydrogen-bond donors (Lipinski definition) is 0. The second-order valence-corrected chi connectivity index (χ2v) is 6.86. The highest BCUT2D eigenvalue weighted by Crippen LogP contribution is 2.45. The summed E-state index contributed by atoms with van der Waals surface area (Å²) in [5.74, 6) is 2.61. The molecule has 0 amide bonds. The zero-order valence-electron chi connectivity index (χ0n) is 9.35. The molecule has 0 atom stereocenters. The molecule has 16 heavy (non-hydrogen) atoms. The van der Waals surface area contributed by atoms with Crippen LogP contribution >= 0.6 is 23.5 Å². The first-order valence-corrected chi connectivity index (χ1v) is 7.73. The standard InChI is InChI=1S/C13H15NS2/c1-14-7-6-10-11(4-2-5-12(10)14)13-15-8-3-9-16-13/h2,4-7,13H,3,8-9H2,1H3. The first-order chi connectivity index (χ1) is 7.86. The summed E-state index contributed by atoms with van der Waals surface area (Å²) in [6, 6.07) is 8.93. The molecular formula is C13H15NS2. The summed E-state index contributed by atoms with van der Waals surface area (Å²) in [6.45, 7) is 0. The quantitative estimate of drug-likeness (QED) is 0.751. The van der Waals surface area contributed by atoms with Gasteiger partial charge in [-0.05, 0) is 35.6 Å². The van der Waals surface area contributed by atoms with E-state index in [1.165, 1.54) is 34.4 Å². The highest BCUT2D eigenvalue weighted by molar-refractivity contribution is 8.16. The first kappa shape index (κ1) is 10.6. The Morgan fingerprint density at radius 3 is 2.81 bits per heavy atom. The van der Waals surface area contributed by atoms with Gasteiger partial charge in [0.15, 0.2) is 0 Å². The predicted molar refractivity (Wildman–Crippen MR) is 75.2 cm³/mol. The molecule has 0 unspecified atom stereocenters. The Morgan fingerprint density at radius 2 is 2.00 bits per heavy atom. The van der Waals surface area contributed by atoms with Crippen LogP contribution in [0, 0.1) is 0 Å². The summed E-state index contributed by atoms with van der Waals surface area (Å²) in [5.41, 5.74) is 2.86. The second kappa shape index (κ2) is 4.38. The van der Waals surface area contributed by atoms with Gasteiger partial charge < -0.3 is 4.57 Å². The van der Waals surface area contributed by atoms with Crippen molar-refractivity contribution >= 4 is 34.4 Å². The number of hydrogen-bond acceptors (Lipinski definition) is 2. The molecule has 1 fully saturated rings. The van der Waals surface area contributed by atoms with Crippen LogP contribution in [-0.2, 0) is 7.05 Å². The molecule has 3 rings (SSSR count). The van der Waals surface area contributed by atoms with Crippen molar-refractivity contribution in [2.75, 3.05) is 11.5 Å². The van der Waals surface area contributed by atoms with Crippen molar-refractivity contribution < 1.29 is 0 Å². The molecule has 1 aliphatic heterocycles. The molecule has 1 saturated heterocycles. The molecule has 2 heterocycles. The van der Waals surface area contributed by atoms with Gasteiger partial charge in [-0.15, -0.1) is 23.5 Å². The van der Waals surface area contributed by atoms with E-state index in [0.29, 0.717) is 4.58 Å². The van der Waals surface area contributed by atoms with Gasteiger partial charge in [-0.2, -0.15) is 0 Å². The minimum absolute atomic E-state index is 0.639. The fourth-order valence-electron chi connectivity index (χ4n) is 2.20. The van der Waals surface area contributed by atoms with E-state index >= 15 is 0 Å². The summed E-state index contributed by atoms with van der Waals surface area (Å²) in [5, 5.41) is 1.43. The molecule has 1 aromatic heterocycles. The van der Waals surface area contributed by atoms with E-state index in [-0.39, 0.29) is 0 Å². The number of benzene rings is 1. The Hall–Kier alpha value is -0.540. The van der Waals surface area contributed by atoms with E-state index in [4.69, 9.17) is 0 Å². The van der Waals surface area contributed by atoms with E-state index in [2.05, 4.69) is 65.6 Å². The fourth-order valence-corrected chi connectivity index (χ4v) is 5.16. The molecule has 0 aliphatic carbocycles. The number of aromatic nitrogens is 1. The SMILES string of the molecule is Cn1ccc2c(C3SCCCS3)cccc21. The van der Waals surface area contributed by atoms with Crippen molar-refractivity contribution in [1.29, 1.82) is 0 Å². The lowest BCUT2D eigenvalue weighted by Crippen LogP contribution is -2.00. The molecule has 0 N–H and O–H groups in total. The van der Waals surface area contributed by atoms with E-state index in [1.807, 2.05) is 0 Å². The van der Waals surface area contributed by atoms with Gasteiger partial charge in [0.1, 0.15) is 0 Å². The van der Waals surface area contributed by atoms with Crippen molar-refractivity contribution in [2.45, 2.75) is 11.0 Å². The molecule has 0 radical (unpaired) electrons. The number of fused-ring (bicyclic) bond motifs is 1. The smallest absolute Gasteiger partial charge is 0.0757 e. The van der Waals surface area contributed by atoms with Gasteiger partial charge in [-0.25, -0.2) is 0 Å². The number of thioether (sulfide) groups is 2. The molecule has 84 valence electrons. The van der Waals surface area contributed by atoms with Crippen LogP contribution in [0.15, 0.2) is 30.5 Å². The zero-order chi connectivity index (χ0) is 11.0. The minimum Gasteiger partial charge on any atom is -0.351 e. The summed E-state index contributed by atoms with van der Waals surface area (Å²) in [7, 11) is 2.12. The van der Waals surface area contributed by atoms with Gasteiger partial charge >= 0.3 is 0 Å². The normalized spacial score (nSPS) is 18.1. The highest BCUT2D eigenvalue weighted by Gasteiger charge is 2.18. The van der Waals surface area contributed by atoms with E-state index in [9.17, 15) is 0 Å². The van der Waals surface area contributed by atoms with Crippen LogP contribution in [-0.4, -0.2) is 16.1 Å². The number of rotatable bonds is 1. The third kappa shape index (κ3) is 1.76. The first-order valence-electron chi connectivity index (χ1n) is 5.63. The lowest BCUT2D eigenvalue weighted by atomic mass is 10.1. The van der Waals surface area contributed by atoms with Gasteiger partial charge in [-0.3, -0.25) is 0 Å². The molecule has 0 bridgehead atoms. The highest BCUT2D eigenvalue weighted by atomic mass is 32.2. The van der Waals surface area contributed by atoms with Crippen molar-refractivity contribution in [2.24, 2.45) is 7.05 Å². The van der Waals surface area contributed by atoms with Gasteiger partial charge in [-0.1, -0.05) is 12.1 Å². The summed E-state index contributed by atoms with van der Waals surface area (Å²) < 4.78 is 2.84. The van der Waals surface area contributed by atoms with Crippen LogP contribution in [0.25, 0.3) is 10.9 Å². The Labute approximate surface area is 105 Å². The molecule has 1 nitrogen and oxygen atoms in total. The number of aryl methyl sites for hydroxylation is 1. The van der Waals surface area contributed by atoms with Gasteiger partial charge in [0.05, 0.1) is 4.58 Å². The summed E-state index contributed by atoms with van der Waals surface area (Å²) in [4.78, 5) is 0. The topological polar surface area (TPSA) is 4.93 Å². The summed E-state index contributed by atoms with van der Waals surface area (Å²) in [6.07, 6.45) is 3.52. The van der Waals surface area contributed by atoms with Crippen molar-refractivity contribution in [3.8, 4) is 0 Å². The maximum Gasteiger partial charge on any atom is 0.0757 e. The van der Waals surface area contributed by atoms with Crippen LogP contribution in [0.2, 0.25) is 0 Å². The van der Waals surface area contributed by atoms with Crippen LogP contribution < -0.4 is 0 Å². The largest absolute Gasteiger partial charge is 0.351 e. The zero-order valence-corrected chi connectivity index (χ0v) is 11.0. The Balaban J connectivity index is 2.08. The maximum atomic E-state index is 2.29. The van der Waals surface area contributed by atoms with E-state index in [1.54, 1.807) is 0 Å². The predicted octanol–water partition coefficient (Wildman–Crippen LogP) is 4.05. The summed E-state index contributed by atoms with van der Waals surface area (Å²) >= 11 is 4.19. The van der Waals surface area contributed by atoms with Crippen LogP contribution in [0.1, 0.15) is 16.6 Å². The monoisotopic (exact) mass is 249 g/mol. The molecule has 1 aliphatic rings. The molecule has 1 aromatic carbocycles. The average Bonchev–Trinajstić information content (AvgIpc) is 2.73. The van der Waals surface area contributed by atoms with Crippen molar-refractivity contribution in [3.05, 3.63) is 36.0 Å².